The normalized spacial score (nSPS) is 15.7. The SMILES string of the molecule is CCCCCCOc1ccc(C2/C(=C(/O)c3ccc(OCCCC)cc3)C(=O)C(=O)N2c2nc(C)c(C(=O)OCC)s2)cc1OC. The molecule has 0 radical (unpaired) electrons. The molecule has 11 heteroatoms. The molecule has 0 saturated carbocycles. The molecule has 0 spiro atoms. The van der Waals surface area contributed by atoms with Crippen LogP contribution in [0.25, 0.3) is 5.76 Å². The number of aliphatic hydroxyl groups excluding tert-OH is 1. The minimum atomic E-state index is -1.08. The fourth-order valence-corrected chi connectivity index (χ4v) is 6.09. The molecule has 46 heavy (non-hydrogen) atoms. The Morgan fingerprint density at radius 2 is 1.65 bits per heavy atom. The van der Waals surface area contributed by atoms with Crippen molar-refractivity contribution in [2.24, 2.45) is 0 Å². The molecule has 4 rings (SSSR count). The van der Waals surface area contributed by atoms with Crippen LogP contribution < -0.4 is 19.1 Å². The number of rotatable bonds is 16. The number of esters is 1. The zero-order chi connectivity index (χ0) is 33.2. The van der Waals surface area contributed by atoms with Crippen LogP contribution in [0.15, 0.2) is 48.0 Å². The van der Waals surface area contributed by atoms with E-state index < -0.39 is 23.7 Å². The molecule has 1 aliphatic heterocycles. The molecule has 10 nitrogen and oxygen atoms in total. The number of aromatic nitrogens is 1. The zero-order valence-corrected chi connectivity index (χ0v) is 27.9. The smallest absolute Gasteiger partial charge is 0.350 e. The Bertz CT molecular complexity index is 1560. The summed E-state index contributed by atoms with van der Waals surface area (Å²) in [6.07, 6.45) is 6.10. The molecule has 1 aromatic heterocycles. The molecule has 1 unspecified atom stereocenters. The number of aryl methyl sites for hydroxylation is 1. The van der Waals surface area contributed by atoms with Gasteiger partial charge in [-0.1, -0.05) is 56.9 Å². The van der Waals surface area contributed by atoms with E-state index in [2.05, 4.69) is 18.8 Å². The lowest BCUT2D eigenvalue weighted by Crippen LogP contribution is -2.29. The highest BCUT2D eigenvalue weighted by Crippen LogP contribution is 2.45. The van der Waals surface area contributed by atoms with E-state index in [4.69, 9.17) is 18.9 Å². The Kier molecular flexibility index (Phi) is 12.2. The second kappa shape index (κ2) is 16.3. The van der Waals surface area contributed by atoms with Gasteiger partial charge in [-0.3, -0.25) is 14.5 Å². The number of thiazole rings is 1. The van der Waals surface area contributed by atoms with Gasteiger partial charge in [0, 0.05) is 5.56 Å². The summed E-state index contributed by atoms with van der Waals surface area (Å²) in [5, 5.41) is 11.7. The number of aliphatic hydroxyl groups is 1. The number of unbranched alkanes of at least 4 members (excludes halogenated alkanes) is 4. The summed E-state index contributed by atoms with van der Waals surface area (Å²) in [5.41, 5.74) is 1.07. The molecule has 2 aromatic carbocycles. The van der Waals surface area contributed by atoms with Gasteiger partial charge in [-0.25, -0.2) is 9.78 Å². The third kappa shape index (κ3) is 7.70. The van der Waals surface area contributed by atoms with Crippen LogP contribution in [-0.2, 0) is 14.3 Å². The van der Waals surface area contributed by atoms with Gasteiger partial charge in [-0.05, 0) is 68.7 Å². The van der Waals surface area contributed by atoms with Crippen molar-refractivity contribution >= 4 is 39.9 Å². The second-order valence-electron chi connectivity index (χ2n) is 10.8. The maximum Gasteiger partial charge on any atom is 0.350 e. The van der Waals surface area contributed by atoms with Gasteiger partial charge >= 0.3 is 11.9 Å². The highest BCUT2D eigenvalue weighted by molar-refractivity contribution is 7.17. The average Bonchev–Trinajstić information content (AvgIpc) is 3.57. The monoisotopic (exact) mass is 650 g/mol. The number of carbonyl (C=O) groups excluding carboxylic acids is 3. The molecule has 0 aliphatic carbocycles. The van der Waals surface area contributed by atoms with Gasteiger partial charge < -0.3 is 24.1 Å². The lowest BCUT2D eigenvalue weighted by atomic mass is 9.95. The van der Waals surface area contributed by atoms with Crippen molar-refractivity contribution in [1.29, 1.82) is 0 Å². The maximum atomic E-state index is 13.7. The lowest BCUT2D eigenvalue weighted by molar-refractivity contribution is -0.132. The number of carbonyl (C=O) groups is 3. The maximum absolute atomic E-state index is 13.7. The molecule has 3 aromatic rings. The van der Waals surface area contributed by atoms with Gasteiger partial charge in [-0.2, -0.15) is 0 Å². The van der Waals surface area contributed by atoms with Gasteiger partial charge in [-0.15, -0.1) is 0 Å². The average molecular weight is 651 g/mol. The van der Waals surface area contributed by atoms with E-state index in [0.29, 0.717) is 47.3 Å². The third-order valence-corrected chi connectivity index (χ3v) is 8.69. The zero-order valence-electron chi connectivity index (χ0n) is 27.1. The number of benzene rings is 2. The number of ether oxygens (including phenoxy) is 4. The van der Waals surface area contributed by atoms with Crippen molar-refractivity contribution in [1.82, 2.24) is 4.98 Å². The number of Topliss-reactive ketones (excluding diaryl/α,β-unsaturated/α-hetero) is 1. The fraction of sp³-hybridized carbons (Fsp3) is 0.429. The quantitative estimate of drug-likeness (QED) is 0.0555. The Hall–Kier alpha value is -4.38. The molecule has 1 fully saturated rings. The molecule has 1 N–H and O–H groups in total. The summed E-state index contributed by atoms with van der Waals surface area (Å²) < 4.78 is 22.6. The third-order valence-electron chi connectivity index (χ3n) is 7.55. The fourth-order valence-electron chi connectivity index (χ4n) is 5.10. The first kappa shape index (κ1) is 34.5. The van der Waals surface area contributed by atoms with Gasteiger partial charge in [0.25, 0.3) is 5.78 Å². The molecule has 1 saturated heterocycles. The molecule has 246 valence electrons. The van der Waals surface area contributed by atoms with Crippen LogP contribution in [0.4, 0.5) is 5.13 Å². The number of hydrogen-bond donors (Lipinski definition) is 1. The molecule has 1 aliphatic rings. The van der Waals surface area contributed by atoms with E-state index in [1.165, 1.54) is 12.0 Å². The van der Waals surface area contributed by atoms with Crippen LogP contribution in [0.3, 0.4) is 0 Å². The largest absolute Gasteiger partial charge is 0.507 e. The van der Waals surface area contributed by atoms with E-state index >= 15 is 0 Å². The summed E-state index contributed by atoms with van der Waals surface area (Å²) in [5.74, 6) is -1.12. The van der Waals surface area contributed by atoms with Crippen LogP contribution in [0.1, 0.15) is 91.8 Å². The predicted octanol–water partition coefficient (Wildman–Crippen LogP) is 7.40. The van der Waals surface area contributed by atoms with Crippen LogP contribution in [0.2, 0.25) is 0 Å². The van der Waals surface area contributed by atoms with Gasteiger partial charge in [0.05, 0.1) is 44.2 Å². The van der Waals surface area contributed by atoms with E-state index in [-0.39, 0.29) is 27.9 Å². The number of methoxy groups -OCH3 is 1. The summed E-state index contributed by atoms with van der Waals surface area (Å²) in [6, 6.07) is 10.8. The minimum absolute atomic E-state index is 0.120. The first-order valence-corrected chi connectivity index (χ1v) is 16.6. The van der Waals surface area contributed by atoms with Crippen molar-refractivity contribution in [2.75, 3.05) is 31.8 Å². The van der Waals surface area contributed by atoms with Gasteiger partial charge in [0.2, 0.25) is 0 Å². The van der Waals surface area contributed by atoms with Crippen LogP contribution >= 0.6 is 11.3 Å². The second-order valence-corrected chi connectivity index (χ2v) is 11.8. The predicted molar refractivity (Wildman–Crippen MR) is 177 cm³/mol. The standard InChI is InChI=1S/C35H42N2O8S/c1-6-9-11-12-20-45-26-18-15-24(21-27(26)42-5)29-28(30(38)23-13-16-25(17-14-23)44-19-10-7-2)31(39)33(40)37(29)35-36-22(4)32(46-35)34(41)43-8-3/h13-18,21,29,38H,6-12,19-20H2,1-5H3/b30-28-. The van der Waals surface area contributed by atoms with Crippen molar-refractivity contribution < 1.29 is 38.4 Å². The van der Waals surface area contributed by atoms with Crippen molar-refractivity contribution in [2.45, 2.75) is 72.3 Å². The summed E-state index contributed by atoms with van der Waals surface area (Å²) in [4.78, 5) is 46.0. The van der Waals surface area contributed by atoms with Gasteiger partial charge in [0.1, 0.15) is 16.4 Å². The van der Waals surface area contributed by atoms with Gasteiger partial charge in [0.15, 0.2) is 16.6 Å². The number of nitrogens with zero attached hydrogens (tertiary/aromatic N) is 2. The number of hydrogen-bond acceptors (Lipinski definition) is 10. The van der Waals surface area contributed by atoms with E-state index in [9.17, 15) is 19.5 Å². The Morgan fingerprint density at radius 1 is 0.935 bits per heavy atom. The number of ketones is 1. The molecular formula is C35H42N2O8S. The Balaban J connectivity index is 1.79. The summed E-state index contributed by atoms with van der Waals surface area (Å²) in [7, 11) is 1.51. The lowest BCUT2D eigenvalue weighted by Gasteiger charge is -2.24. The number of amides is 1. The first-order chi connectivity index (χ1) is 22.2. The molecule has 1 atom stereocenters. The van der Waals surface area contributed by atoms with Crippen LogP contribution in [-0.4, -0.2) is 54.7 Å². The Morgan fingerprint density at radius 3 is 2.33 bits per heavy atom. The van der Waals surface area contributed by atoms with Crippen LogP contribution in [0, 0.1) is 6.92 Å². The molecule has 1 amide bonds. The van der Waals surface area contributed by atoms with E-state index in [0.717, 1.165) is 49.9 Å². The first-order valence-electron chi connectivity index (χ1n) is 15.7. The summed E-state index contributed by atoms with van der Waals surface area (Å²) in [6.45, 7) is 8.81. The summed E-state index contributed by atoms with van der Waals surface area (Å²) >= 11 is 0.951. The van der Waals surface area contributed by atoms with E-state index in [1.54, 1.807) is 56.3 Å². The van der Waals surface area contributed by atoms with Crippen molar-refractivity contribution in [3.63, 3.8) is 0 Å². The minimum Gasteiger partial charge on any atom is -0.507 e. The molecule has 2 heterocycles. The van der Waals surface area contributed by atoms with Crippen molar-refractivity contribution in [3.05, 3.63) is 69.7 Å². The molecule has 0 bridgehead atoms. The highest BCUT2D eigenvalue weighted by Gasteiger charge is 2.48. The Labute approximate surface area is 274 Å². The van der Waals surface area contributed by atoms with Crippen LogP contribution in [0.5, 0.6) is 17.2 Å². The topological polar surface area (TPSA) is 124 Å². The number of anilines is 1. The molecular weight excluding hydrogens is 608 g/mol. The highest BCUT2D eigenvalue weighted by atomic mass is 32.1. The van der Waals surface area contributed by atoms with E-state index in [1.807, 2.05) is 0 Å². The van der Waals surface area contributed by atoms with Crippen molar-refractivity contribution in [3.8, 4) is 17.2 Å².